The zero-order chi connectivity index (χ0) is 23.7. The van der Waals surface area contributed by atoms with Crippen molar-refractivity contribution in [1.29, 1.82) is 0 Å². The molecule has 0 amide bonds. The van der Waals surface area contributed by atoms with Gasteiger partial charge in [0.1, 0.15) is 5.75 Å². The Kier molecular flexibility index (Phi) is 8.76. The van der Waals surface area contributed by atoms with E-state index < -0.39 is 29.4 Å². The summed E-state index contributed by atoms with van der Waals surface area (Å²) in [6.07, 6.45) is 1.54. The molecule has 1 unspecified atom stereocenters. The molecule has 0 saturated carbocycles. The summed E-state index contributed by atoms with van der Waals surface area (Å²) in [5.41, 5.74) is 1.02. The molecule has 176 valence electrons. The standard InChI is InChI=1S/C13H13N3O2S.C10H10F4/c17-19(16-13-14-6-2-7-15-13)11-5-4-10-3-1-8-18-12(10)9-11;11-6-2-4-8-3-1-5-9(7-8)10(12,13)14/h2,4-7,9H,1,3,8H2,(H,14,15,16);1,3,5,7H,2,4,6H2. The normalized spacial score (nSPS) is 13.7. The maximum absolute atomic E-state index is 12.2. The number of nitrogens with one attached hydrogen (secondary N) is 1. The Labute approximate surface area is 191 Å². The first-order valence-corrected chi connectivity index (χ1v) is 11.4. The highest BCUT2D eigenvalue weighted by Crippen LogP contribution is 2.30. The minimum Gasteiger partial charge on any atom is -0.493 e. The van der Waals surface area contributed by atoms with E-state index in [1.807, 2.05) is 18.2 Å². The zero-order valence-corrected chi connectivity index (χ0v) is 18.5. The molecule has 2 heterocycles. The lowest BCUT2D eigenvalue weighted by Gasteiger charge is -2.17. The fourth-order valence-electron chi connectivity index (χ4n) is 3.10. The van der Waals surface area contributed by atoms with Gasteiger partial charge in [0, 0.05) is 12.4 Å². The summed E-state index contributed by atoms with van der Waals surface area (Å²) in [5.74, 6) is 1.17. The topological polar surface area (TPSA) is 64.1 Å². The van der Waals surface area contributed by atoms with Gasteiger partial charge >= 0.3 is 6.18 Å². The van der Waals surface area contributed by atoms with Gasteiger partial charge in [0.25, 0.3) is 0 Å². The quantitative estimate of drug-likeness (QED) is 0.470. The first-order chi connectivity index (χ1) is 15.9. The van der Waals surface area contributed by atoms with Gasteiger partial charge in [0.15, 0.2) is 11.0 Å². The molecule has 1 aromatic heterocycles. The molecular weight excluding hydrogens is 458 g/mol. The molecule has 1 aliphatic rings. The SMILES string of the molecule is FCCCc1cccc(C(F)(F)F)c1.O=S(Nc1ncccn1)c1ccc2c(c1)OCCC2. The fourth-order valence-corrected chi connectivity index (χ4v) is 3.90. The van der Waals surface area contributed by atoms with Crippen LogP contribution in [0.3, 0.4) is 0 Å². The van der Waals surface area contributed by atoms with Crippen molar-refractivity contribution in [2.24, 2.45) is 0 Å². The summed E-state index contributed by atoms with van der Waals surface area (Å²) in [6, 6.07) is 12.3. The van der Waals surface area contributed by atoms with Crippen LogP contribution in [-0.2, 0) is 30.0 Å². The third-order valence-corrected chi connectivity index (χ3v) is 5.75. The second kappa shape index (κ2) is 11.7. The summed E-state index contributed by atoms with van der Waals surface area (Å²) in [4.78, 5) is 8.63. The second-order valence-corrected chi connectivity index (χ2v) is 8.37. The lowest BCUT2D eigenvalue weighted by molar-refractivity contribution is -0.137. The number of anilines is 1. The number of alkyl halides is 4. The van der Waals surface area contributed by atoms with E-state index in [9.17, 15) is 21.8 Å². The van der Waals surface area contributed by atoms with Crippen LogP contribution in [0.25, 0.3) is 0 Å². The van der Waals surface area contributed by atoms with Crippen LogP contribution < -0.4 is 9.46 Å². The minimum atomic E-state index is -4.31. The Morgan fingerprint density at radius 2 is 1.85 bits per heavy atom. The van der Waals surface area contributed by atoms with Gasteiger partial charge in [-0.15, -0.1) is 0 Å². The summed E-state index contributed by atoms with van der Waals surface area (Å²) in [6.45, 7) is 0.217. The number of fused-ring (bicyclic) bond motifs is 1. The van der Waals surface area contributed by atoms with Crippen molar-refractivity contribution in [3.63, 3.8) is 0 Å². The van der Waals surface area contributed by atoms with Gasteiger partial charge in [-0.3, -0.25) is 9.11 Å². The van der Waals surface area contributed by atoms with E-state index in [1.165, 1.54) is 11.6 Å². The summed E-state index contributed by atoms with van der Waals surface area (Å²) in [5, 5.41) is 0. The van der Waals surface area contributed by atoms with Crippen molar-refractivity contribution in [2.75, 3.05) is 18.0 Å². The van der Waals surface area contributed by atoms with E-state index in [0.717, 1.165) is 37.3 Å². The lowest BCUT2D eigenvalue weighted by atomic mass is 10.1. The Balaban J connectivity index is 0.000000196. The maximum Gasteiger partial charge on any atom is 0.416 e. The number of aromatic nitrogens is 2. The molecule has 0 aliphatic carbocycles. The molecule has 1 aliphatic heterocycles. The number of nitrogens with zero attached hydrogens (tertiary/aromatic N) is 2. The maximum atomic E-state index is 12.2. The molecular formula is C23H23F4N3O2S. The number of hydrogen-bond donors (Lipinski definition) is 1. The van der Waals surface area contributed by atoms with Gasteiger partial charge < -0.3 is 4.74 Å². The molecule has 0 saturated heterocycles. The zero-order valence-electron chi connectivity index (χ0n) is 17.6. The molecule has 1 atom stereocenters. The Bertz CT molecular complexity index is 1070. The molecule has 4 rings (SSSR count). The van der Waals surface area contributed by atoms with E-state index in [1.54, 1.807) is 24.5 Å². The molecule has 1 N–H and O–H groups in total. The van der Waals surface area contributed by atoms with Gasteiger partial charge in [0.05, 0.1) is 23.7 Å². The van der Waals surface area contributed by atoms with E-state index in [2.05, 4.69) is 14.7 Å². The molecule has 10 heteroatoms. The highest BCUT2D eigenvalue weighted by molar-refractivity contribution is 7.86. The average molecular weight is 482 g/mol. The number of hydrogen-bond acceptors (Lipinski definition) is 4. The number of halogens is 4. The van der Waals surface area contributed by atoms with Crippen LogP contribution in [0, 0.1) is 0 Å². The van der Waals surface area contributed by atoms with Crippen LogP contribution >= 0.6 is 0 Å². The van der Waals surface area contributed by atoms with Crippen LogP contribution in [0.1, 0.15) is 29.5 Å². The van der Waals surface area contributed by atoms with Crippen molar-refractivity contribution in [2.45, 2.75) is 36.8 Å². The van der Waals surface area contributed by atoms with Gasteiger partial charge in [-0.25, -0.2) is 14.2 Å². The van der Waals surface area contributed by atoms with Crippen molar-refractivity contribution in [1.82, 2.24) is 9.97 Å². The van der Waals surface area contributed by atoms with Gasteiger partial charge in [0.2, 0.25) is 5.95 Å². The third kappa shape index (κ3) is 7.52. The molecule has 2 aromatic carbocycles. The third-order valence-electron chi connectivity index (χ3n) is 4.70. The van der Waals surface area contributed by atoms with E-state index in [4.69, 9.17) is 4.74 Å². The van der Waals surface area contributed by atoms with Crippen molar-refractivity contribution in [3.05, 3.63) is 77.6 Å². The second-order valence-electron chi connectivity index (χ2n) is 7.16. The first-order valence-electron chi connectivity index (χ1n) is 10.3. The largest absolute Gasteiger partial charge is 0.493 e. The van der Waals surface area contributed by atoms with Crippen LogP contribution in [0.2, 0.25) is 0 Å². The van der Waals surface area contributed by atoms with E-state index in [-0.39, 0.29) is 6.42 Å². The Morgan fingerprint density at radius 1 is 1.06 bits per heavy atom. The van der Waals surface area contributed by atoms with Gasteiger partial charge in [-0.1, -0.05) is 24.3 Å². The van der Waals surface area contributed by atoms with Crippen LogP contribution in [0.5, 0.6) is 5.75 Å². The fraction of sp³-hybridized carbons (Fsp3) is 0.304. The number of benzene rings is 2. The molecule has 0 bridgehead atoms. The Hall–Kier alpha value is -3.01. The van der Waals surface area contributed by atoms with Crippen molar-refractivity contribution < 1.29 is 26.5 Å². The molecule has 0 fully saturated rings. The molecule has 33 heavy (non-hydrogen) atoms. The molecule has 3 aromatic rings. The van der Waals surface area contributed by atoms with Gasteiger partial charge in [-0.2, -0.15) is 13.2 Å². The summed E-state index contributed by atoms with van der Waals surface area (Å²) >= 11 is 0. The first kappa shape index (κ1) is 24.6. The van der Waals surface area contributed by atoms with Crippen molar-refractivity contribution >= 4 is 16.9 Å². The Morgan fingerprint density at radius 3 is 2.58 bits per heavy atom. The monoisotopic (exact) mass is 481 g/mol. The van der Waals surface area contributed by atoms with E-state index in [0.29, 0.717) is 22.8 Å². The van der Waals surface area contributed by atoms with Crippen LogP contribution in [0.4, 0.5) is 23.5 Å². The number of aryl methyl sites for hydroxylation is 2. The highest BCUT2D eigenvalue weighted by atomic mass is 32.2. The smallest absolute Gasteiger partial charge is 0.416 e. The minimum absolute atomic E-state index is 0.265. The molecule has 0 radical (unpaired) electrons. The number of rotatable bonds is 6. The van der Waals surface area contributed by atoms with E-state index >= 15 is 0 Å². The molecule has 5 nitrogen and oxygen atoms in total. The predicted molar refractivity (Wildman–Crippen MR) is 118 cm³/mol. The average Bonchev–Trinajstić information content (AvgIpc) is 2.83. The predicted octanol–water partition coefficient (Wildman–Crippen LogP) is 5.54. The van der Waals surface area contributed by atoms with Crippen LogP contribution in [-0.4, -0.2) is 27.5 Å². The lowest BCUT2D eigenvalue weighted by Crippen LogP contribution is -2.11. The summed E-state index contributed by atoms with van der Waals surface area (Å²) < 4.78 is 68.9. The van der Waals surface area contributed by atoms with Crippen LogP contribution in [0.15, 0.2) is 65.8 Å². The molecule has 0 spiro atoms. The summed E-state index contributed by atoms with van der Waals surface area (Å²) in [7, 11) is -1.39. The number of ether oxygens (including phenoxy) is 1. The van der Waals surface area contributed by atoms with Crippen molar-refractivity contribution in [3.8, 4) is 5.75 Å². The van der Waals surface area contributed by atoms with Gasteiger partial charge in [-0.05, 0) is 61.1 Å². The highest BCUT2D eigenvalue weighted by Gasteiger charge is 2.30.